The molecule has 1 amide bonds. The minimum atomic E-state index is -3.84. The fourth-order valence-corrected chi connectivity index (χ4v) is 4.92. The number of para-hydroxylation sites is 1. The number of amides is 1. The number of methoxy groups -OCH3 is 2. The van der Waals surface area contributed by atoms with Gasteiger partial charge in [-0.3, -0.25) is 4.79 Å². The van der Waals surface area contributed by atoms with Crippen LogP contribution in [0.25, 0.3) is 0 Å². The largest absolute Gasteiger partial charge is 0.497 e. The highest BCUT2D eigenvalue weighted by Crippen LogP contribution is 2.25. The number of nitrogens with one attached hydrogen (secondary N) is 1. The molecule has 0 aromatic heterocycles. The van der Waals surface area contributed by atoms with Crippen molar-refractivity contribution in [2.75, 3.05) is 46.9 Å². The Morgan fingerprint density at radius 3 is 2.35 bits per heavy atom. The summed E-state index contributed by atoms with van der Waals surface area (Å²) in [6, 6.07) is 13.5. The van der Waals surface area contributed by atoms with E-state index in [-0.39, 0.29) is 30.3 Å². The molecular weight excluding hydrogens is 418 g/mol. The van der Waals surface area contributed by atoms with E-state index in [1.165, 1.54) is 23.5 Å². The molecule has 1 heterocycles. The normalized spacial score (nSPS) is 14.5. The molecule has 0 saturated carbocycles. The van der Waals surface area contributed by atoms with E-state index in [0.29, 0.717) is 24.6 Å². The Balaban J connectivity index is 1.84. The molecule has 0 unspecified atom stereocenters. The summed E-state index contributed by atoms with van der Waals surface area (Å²) >= 11 is 0. The van der Waals surface area contributed by atoms with Gasteiger partial charge in [-0.25, -0.2) is 8.42 Å². The Kier molecular flexibility index (Phi) is 7.89. The Morgan fingerprint density at radius 1 is 1.03 bits per heavy atom. The second-order valence-corrected chi connectivity index (χ2v) is 9.14. The molecule has 1 aliphatic heterocycles. The first-order valence-corrected chi connectivity index (χ1v) is 11.6. The zero-order valence-corrected chi connectivity index (χ0v) is 18.7. The van der Waals surface area contributed by atoms with Gasteiger partial charge in [-0.15, -0.1) is 0 Å². The molecule has 1 aliphatic rings. The van der Waals surface area contributed by atoms with Crippen LogP contribution in [0.4, 0.5) is 0 Å². The monoisotopic (exact) mass is 447 g/mol. The average molecular weight is 448 g/mol. The molecule has 0 atom stereocenters. The summed E-state index contributed by atoms with van der Waals surface area (Å²) in [5, 5.41) is 3.21. The summed E-state index contributed by atoms with van der Waals surface area (Å²) in [6.45, 7) is 2.96. The number of hydrogen-bond donors (Lipinski definition) is 1. The third-order valence-electron chi connectivity index (χ3n) is 5.28. The van der Waals surface area contributed by atoms with Crippen LogP contribution in [0.2, 0.25) is 0 Å². The Hall–Kier alpha value is -2.62. The molecular formula is C22H29N3O5S. The minimum Gasteiger partial charge on any atom is -0.497 e. The standard InChI is InChI=1S/C22H29N3O5S/c1-29-19-7-9-20(10-8-19)31(27,28)25(17-18-5-3-4-6-21(18)30-2)14-11-22(26)24-15-12-23-13-16-24/h3-10,23H,11-17H2,1-2H3. The SMILES string of the molecule is COc1ccc(S(=O)(=O)N(CCC(=O)N2CCNCC2)Cc2ccccc2OC)cc1. The van der Waals surface area contributed by atoms with Gasteiger partial charge in [0, 0.05) is 51.3 Å². The Morgan fingerprint density at radius 2 is 1.71 bits per heavy atom. The van der Waals surface area contributed by atoms with E-state index in [1.54, 1.807) is 30.2 Å². The Bertz CT molecular complexity index is 973. The zero-order chi connectivity index (χ0) is 22.3. The van der Waals surface area contributed by atoms with Crippen LogP contribution < -0.4 is 14.8 Å². The smallest absolute Gasteiger partial charge is 0.243 e. The van der Waals surface area contributed by atoms with Crippen LogP contribution in [0.5, 0.6) is 11.5 Å². The van der Waals surface area contributed by atoms with Crippen LogP contribution in [0.15, 0.2) is 53.4 Å². The third kappa shape index (κ3) is 5.75. The Labute approximate surface area is 183 Å². The van der Waals surface area contributed by atoms with Crippen molar-refractivity contribution in [2.45, 2.75) is 17.9 Å². The highest BCUT2D eigenvalue weighted by atomic mass is 32.2. The molecule has 0 aliphatic carbocycles. The molecule has 0 bridgehead atoms. The highest BCUT2D eigenvalue weighted by Gasteiger charge is 2.27. The van der Waals surface area contributed by atoms with Gasteiger partial charge in [0.15, 0.2) is 0 Å². The first-order chi connectivity index (χ1) is 15.0. The van der Waals surface area contributed by atoms with Crippen molar-refractivity contribution in [1.29, 1.82) is 0 Å². The van der Waals surface area contributed by atoms with Crippen LogP contribution >= 0.6 is 0 Å². The van der Waals surface area contributed by atoms with Crippen molar-refractivity contribution in [1.82, 2.24) is 14.5 Å². The van der Waals surface area contributed by atoms with Crippen molar-refractivity contribution < 1.29 is 22.7 Å². The lowest BCUT2D eigenvalue weighted by atomic mass is 10.2. The number of hydrogen-bond acceptors (Lipinski definition) is 6. The van der Waals surface area contributed by atoms with Crippen LogP contribution in [0, 0.1) is 0 Å². The van der Waals surface area contributed by atoms with Gasteiger partial charge in [0.05, 0.1) is 19.1 Å². The quantitative estimate of drug-likeness (QED) is 0.630. The number of sulfonamides is 1. The van der Waals surface area contributed by atoms with E-state index in [1.807, 2.05) is 18.2 Å². The lowest BCUT2D eigenvalue weighted by molar-refractivity contribution is -0.131. The van der Waals surface area contributed by atoms with Gasteiger partial charge in [-0.05, 0) is 30.3 Å². The number of ether oxygens (including phenoxy) is 2. The van der Waals surface area contributed by atoms with Gasteiger partial charge in [0.2, 0.25) is 15.9 Å². The lowest BCUT2D eigenvalue weighted by Crippen LogP contribution is -2.47. The molecule has 31 heavy (non-hydrogen) atoms. The topological polar surface area (TPSA) is 88.2 Å². The van der Waals surface area contributed by atoms with E-state index in [0.717, 1.165) is 18.7 Å². The summed E-state index contributed by atoms with van der Waals surface area (Å²) in [6.07, 6.45) is 0.116. The number of carbonyl (C=O) groups is 1. The molecule has 2 aromatic rings. The predicted octanol–water partition coefficient (Wildman–Crippen LogP) is 1.72. The molecule has 1 N–H and O–H groups in total. The molecule has 168 valence electrons. The van der Waals surface area contributed by atoms with Crippen molar-refractivity contribution in [3.63, 3.8) is 0 Å². The summed E-state index contributed by atoms with van der Waals surface area (Å²) in [5.41, 5.74) is 0.733. The summed E-state index contributed by atoms with van der Waals surface area (Å²) in [7, 11) is -0.759. The number of nitrogens with zero attached hydrogens (tertiary/aromatic N) is 2. The molecule has 0 spiro atoms. The van der Waals surface area contributed by atoms with Crippen molar-refractivity contribution in [3.8, 4) is 11.5 Å². The van der Waals surface area contributed by atoms with Gasteiger partial charge in [0.1, 0.15) is 11.5 Å². The van der Waals surface area contributed by atoms with E-state index in [4.69, 9.17) is 9.47 Å². The number of piperazine rings is 1. The first kappa shape index (κ1) is 23.1. The van der Waals surface area contributed by atoms with Gasteiger partial charge in [0.25, 0.3) is 0 Å². The maximum absolute atomic E-state index is 13.4. The van der Waals surface area contributed by atoms with Gasteiger partial charge in [-0.2, -0.15) is 4.31 Å². The fraction of sp³-hybridized carbons (Fsp3) is 0.409. The minimum absolute atomic E-state index is 0.0449. The lowest BCUT2D eigenvalue weighted by Gasteiger charge is -2.29. The molecule has 9 heteroatoms. The van der Waals surface area contributed by atoms with Crippen LogP contribution in [0.3, 0.4) is 0 Å². The van der Waals surface area contributed by atoms with E-state index in [2.05, 4.69) is 5.32 Å². The second-order valence-electron chi connectivity index (χ2n) is 7.21. The second kappa shape index (κ2) is 10.6. The summed E-state index contributed by atoms with van der Waals surface area (Å²) in [4.78, 5) is 14.6. The number of benzene rings is 2. The molecule has 1 saturated heterocycles. The first-order valence-electron chi connectivity index (χ1n) is 10.2. The predicted molar refractivity (Wildman–Crippen MR) is 118 cm³/mol. The number of carbonyl (C=O) groups excluding carboxylic acids is 1. The molecule has 1 fully saturated rings. The summed E-state index contributed by atoms with van der Waals surface area (Å²) in [5.74, 6) is 1.13. The average Bonchev–Trinajstić information content (AvgIpc) is 2.82. The van der Waals surface area contributed by atoms with Crippen LogP contribution in [0.1, 0.15) is 12.0 Å². The van der Waals surface area contributed by atoms with Crippen molar-refractivity contribution >= 4 is 15.9 Å². The highest BCUT2D eigenvalue weighted by molar-refractivity contribution is 7.89. The van der Waals surface area contributed by atoms with Crippen LogP contribution in [-0.4, -0.2) is 70.5 Å². The third-order valence-corrected chi connectivity index (χ3v) is 7.14. The van der Waals surface area contributed by atoms with E-state index in [9.17, 15) is 13.2 Å². The van der Waals surface area contributed by atoms with E-state index < -0.39 is 10.0 Å². The van der Waals surface area contributed by atoms with Gasteiger partial charge in [-0.1, -0.05) is 18.2 Å². The van der Waals surface area contributed by atoms with Crippen molar-refractivity contribution in [2.24, 2.45) is 0 Å². The molecule has 0 radical (unpaired) electrons. The van der Waals surface area contributed by atoms with E-state index >= 15 is 0 Å². The van der Waals surface area contributed by atoms with Gasteiger partial charge >= 0.3 is 0 Å². The number of rotatable bonds is 9. The fourth-order valence-electron chi connectivity index (χ4n) is 3.50. The van der Waals surface area contributed by atoms with Crippen LogP contribution in [-0.2, 0) is 21.4 Å². The molecule has 8 nitrogen and oxygen atoms in total. The van der Waals surface area contributed by atoms with Crippen molar-refractivity contribution in [3.05, 3.63) is 54.1 Å². The zero-order valence-electron chi connectivity index (χ0n) is 17.9. The maximum Gasteiger partial charge on any atom is 0.243 e. The molecule has 3 rings (SSSR count). The summed E-state index contributed by atoms with van der Waals surface area (Å²) < 4.78 is 38.7. The van der Waals surface area contributed by atoms with Gasteiger partial charge < -0.3 is 19.7 Å². The molecule has 2 aromatic carbocycles. The maximum atomic E-state index is 13.4.